The lowest BCUT2D eigenvalue weighted by atomic mass is 10.2. The zero-order valence-electron chi connectivity index (χ0n) is 18.3. The van der Waals surface area contributed by atoms with Crippen LogP contribution >= 0.6 is 11.6 Å². The Morgan fingerprint density at radius 3 is 2.47 bits per heavy atom. The summed E-state index contributed by atoms with van der Waals surface area (Å²) in [5.74, 6) is 0.988. The van der Waals surface area contributed by atoms with Crippen molar-refractivity contribution in [1.29, 1.82) is 0 Å². The second kappa shape index (κ2) is 11.6. The first-order valence-electron chi connectivity index (χ1n) is 10.1. The SMILES string of the molecule is COc1ccc(NC(=O)/C=C/c2cccc(Cl)c2)cc1OCCN(C(C)C)C(C)C. The number of methoxy groups -OCH3 is 1. The highest BCUT2D eigenvalue weighted by Crippen LogP contribution is 2.30. The van der Waals surface area contributed by atoms with Crippen LogP contribution in [-0.2, 0) is 4.79 Å². The van der Waals surface area contributed by atoms with E-state index >= 15 is 0 Å². The van der Waals surface area contributed by atoms with Crippen LogP contribution in [0.3, 0.4) is 0 Å². The molecule has 0 unspecified atom stereocenters. The molecule has 2 aromatic rings. The van der Waals surface area contributed by atoms with Gasteiger partial charge in [-0.1, -0.05) is 23.7 Å². The molecule has 0 fully saturated rings. The van der Waals surface area contributed by atoms with Crippen molar-refractivity contribution in [2.45, 2.75) is 39.8 Å². The number of halogens is 1. The first-order chi connectivity index (χ1) is 14.3. The minimum absolute atomic E-state index is 0.239. The molecule has 0 spiro atoms. The van der Waals surface area contributed by atoms with Crippen LogP contribution in [0.1, 0.15) is 33.3 Å². The summed E-state index contributed by atoms with van der Waals surface area (Å²) >= 11 is 5.97. The molecule has 0 aliphatic carbocycles. The maximum absolute atomic E-state index is 12.3. The Balaban J connectivity index is 2.01. The van der Waals surface area contributed by atoms with Gasteiger partial charge in [0.05, 0.1) is 7.11 Å². The van der Waals surface area contributed by atoms with E-state index in [1.807, 2.05) is 12.1 Å². The van der Waals surface area contributed by atoms with Gasteiger partial charge in [0.1, 0.15) is 6.61 Å². The van der Waals surface area contributed by atoms with Gasteiger partial charge in [-0.3, -0.25) is 9.69 Å². The second-order valence-corrected chi connectivity index (χ2v) is 7.95. The molecule has 1 N–H and O–H groups in total. The summed E-state index contributed by atoms with van der Waals surface area (Å²) in [6.45, 7) is 10.0. The van der Waals surface area contributed by atoms with E-state index in [0.717, 1.165) is 12.1 Å². The monoisotopic (exact) mass is 430 g/mol. The number of anilines is 1. The van der Waals surface area contributed by atoms with Crippen molar-refractivity contribution < 1.29 is 14.3 Å². The van der Waals surface area contributed by atoms with Crippen LogP contribution in [0, 0.1) is 0 Å². The standard InChI is InChI=1S/C24H31ClN2O3/c1-17(2)27(18(3)4)13-14-30-23-16-21(10-11-22(23)29-5)26-24(28)12-9-19-7-6-8-20(25)15-19/h6-12,15-18H,13-14H2,1-5H3,(H,26,28)/b12-9+. The van der Waals surface area contributed by atoms with Gasteiger partial charge in [0, 0.05) is 41.5 Å². The van der Waals surface area contributed by atoms with Gasteiger partial charge in [0.15, 0.2) is 11.5 Å². The van der Waals surface area contributed by atoms with Crippen molar-refractivity contribution in [3.63, 3.8) is 0 Å². The molecule has 0 aliphatic rings. The molecule has 0 bridgehead atoms. The average Bonchev–Trinajstić information content (AvgIpc) is 2.69. The van der Waals surface area contributed by atoms with Gasteiger partial charge < -0.3 is 14.8 Å². The summed E-state index contributed by atoms with van der Waals surface area (Å²) < 4.78 is 11.4. The van der Waals surface area contributed by atoms with E-state index in [4.69, 9.17) is 21.1 Å². The fraction of sp³-hybridized carbons (Fsp3) is 0.375. The number of ether oxygens (including phenoxy) is 2. The Morgan fingerprint density at radius 2 is 1.83 bits per heavy atom. The number of hydrogen-bond acceptors (Lipinski definition) is 4. The van der Waals surface area contributed by atoms with Crippen LogP contribution < -0.4 is 14.8 Å². The van der Waals surface area contributed by atoms with Crippen LogP contribution in [0.2, 0.25) is 5.02 Å². The van der Waals surface area contributed by atoms with Crippen molar-refractivity contribution in [3.05, 3.63) is 59.1 Å². The molecule has 0 radical (unpaired) electrons. The Bertz CT molecular complexity index is 857. The maximum Gasteiger partial charge on any atom is 0.248 e. The van der Waals surface area contributed by atoms with Gasteiger partial charge >= 0.3 is 0 Å². The molecule has 0 heterocycles. The highest BCUT2D eigenvalue weighted by molar-refractivity contribution is 6.30. The fourth-order valence-electron chi connectivity index (χ4n) is 3.21. The minimum atomic E-state index is -0.239. The van der Waals surface area contributed by atoms with E-state index in [-0.39, 0.29) is 5.91 Å². The van der Waals surface area contributed by atoms with Gasteiger partial charge in [-0.25, -0.2) is 0 Å². The molecule has 0 aromatic heterocycles. The molecule has 1 amide bonds. The second-order valence-electron chi connectivity index (χ2n) is 7.52. The number of nitrogens with zero attached hydrogens (tertiary/aromatic N) is 1. The van der Waals surface area contributed by atoms with Crippen LogP contribution in [0.5, 0.6) is 11.5 Å². The molecule has 2 aromatic carbocycles. The molecule has 0 saturated carbocycles. The lowest BCUT2D eigenvalue weighted by molar-refractivity contribution is -0.111. The Kier molecular flexibility index (Phi) is 9.21. The van der Waals surface area contributed by atoms with E-state index in [0.29, 0.717) is 40.9 Å². The highest BCUT2D eigenvalue weighted by atomic mass is 35.5. The molecule has 0 atom stereocenters. The largest absolute Gasteiger partial charge is 0.493 e. The summed E-state index contributed by atoms with van der Waals surface area (Å²) in [5, 5.41) is 3.48. The van der Waals surface area contributed by atoms with Crippen molar-refractivity contribution in [1.82, 2.24) is 4.90 Å². The van der Waals surface area contributed by atoms with Crippen LogP contribution in [0.25, 0.3) is 6.08 Å². The van der Waals surface area contributed by atoms with E-state index in [1.54, 1.807) is 43.5 Å². The zero-order valence-corrected chi connectivity index (χ0v) is 19.1. The lowest BCUT2D eigenvalue weighted by Gasteiger charge is -2.30. The van der Waals surface area contributed by atoms with Gasteiger partial charge in [-0.2, -0.15) is 0 Å². The molecular weight excluding hydrogens is 400 g/mol. The summed E-state index contributed by atoms with van der Waals surface area (Å²) in [6.07, 6.45) is 3.19. The van der Waals surface area contributed by atoms with Gasteiger partial charge in [0.2, 0.25) is 5.91 Å². The number of carbonyl (C=O) groups excluding carboxylic acids is 1. The highest BCUT2D eigenvalue weighted by Gasteiger charge is 2.14. The van der Waals surface area contributed by atoms with E-state index in [2.05, 4.69) is 37.9 Å². The molecule has 5 nitrogen and oxygen atoms in total. The predicted octanol–water partition coefficient (Wildman–Crippen LogP) is 5.50. The Morgan fingerprint density at radius 1 is 1.10 bits per heavy atom. The fourth-order valence-corrected chi connectivity index (χ4v) is 3.41. The topological polar surface area (TPSA) is 50.8 Å². The minimum Gasteiger partial charge on any atom is -0.493 e. The third-order valence-corrected chi connectivity index (χ3v) is 4.88. The first kappa shape index (κ1) is 23.8. The van der Waals surface area contributed by atoms with E-state index in [1.165, 1.54) is 6.08 Å². The van der Waals surface area contributed by atoms with Crippen molar-refractivity contribution in [2.75, 3.05) is 25.6 Å². The molecule has 0 saturated heterocycles. The van der Waals surface area contributed by atoms with Crippen molar-refractivity contribution in [3.8, 4) is 11.5 Å². The predicted molar refractivity (Wildman–Crippen MR) is 125 cm³/mol. The van der Waals surface area contributed by atoms with Crippen LogP contribution in [-0.4, -0.2) is 43.2 Å². The number of benzene rings is 2. The molecule has 6 heteroatoms. The van der Waals surface area contributed by atoms with Crippen LogP contribution in [0.4, 0.5) is 5.69 Å². The third-order valence-electron chi connectivity index (χ3n) is 4.64. The molecule has 2 rings (SSSR count). The molecule has 30 heavy (non-hydrogen) atoms. The third kappa shape index (κ3) is 7.39. The molecular formula is C24H31ClN2O3. The van der Waals surface area contributed by atoms with E-state index in [9.17, 15) is 4.79 Å². The molecule has 162 valence electrons. The number of hydrogen-bond donors (Lipinski definition) is 1. The van der Waals surface area contributed by atoms with E-state index < -0.39 is 0 Å². The molecule has 0 aliphatic heterocycles. The quantitative estimate of drug-likeness (QED) is 0.506. The Labute approximate surface area is 184 Å². The Hall–Kier alpha value is -2.50. The maximum atomic E-state index is 12.3. The van der Waals surface area contributed by atoms with Crippen molar-refractivity contribution >= 4 is 29.3 Å². The van der Waals surface area contributed by atoms with Crippen LogP contribution in [0.15, 0.2) is 48.5 Å². The number of rotatable bonds is 10. The summed E-state index contributed by atoms with van der Waals surface area (Å²) in [7, 11) is 1.60. The summed E-state index contributed by atoms with van der Waals surface area (Å²) in [5.41, 5.74) is 1.49. The number of nitrogens with one attached hydrogen (secondary N) is 1. The van der Waals surface area contributed by atoms with Gasteiger partial charge in [-0.05, 0) is 63.6 Å². The number of amides is 1. The lowest BCUT2D eigenvalue weighted by Crippen LogP contribution is -2.39. The van der Waals surface area contributed by atoms with Gasteiger partial charge in [0.25, 0.3) is 0 Å². The van der Waals surface area contributed by atoms with Gasteiger partial charge in [-0.15, -0.1) is 0 Å². The zero-order chi connectivity index (χ0) is 22.1. The number of carbonyl (C=O) groups is 1. The summed E-state index contributed by atoms with van der Waals surface area (Å²) in [6, 6.07) is 13.5. The normalized spacial score (nSPS) is 11.5. The smallest absolute Gasteiger partial charge is 0.248 e. The summed E-state index contributed by atoms with van der Waals surface area (Å²) in [4.78, 5) is 14.6. The average molecular weight is 431 g/mol. The first-order valence-corrected chi connectivity index (χ1v) is 10.5. The van der Waals surface area contributed by atoms with Crippen molar-refractivity contribution in [2.24, 2.45) is 0 Å².